The number of sulfonamides is 1. The molecule has 2 rings (SSSR count). The lowest BCUT2D eigenvalue weighted by Gasteiger charge is -2.25. The van der Waals surface area contributed by atoms with Crippen LogP contribution in [0.3, 0.4) is 0 Å². The van der Waals surface area contributed by atoms with E-state index in [0.29, 0.717) is 5.56 Å². The number of benzene rings is 1. The van der Waals surface area contributed by atoms with E-state index < -0.39 is 10.0 Å². The van der Waals surface area contributed by atoms with Crippen molar-refractivity contribution in [2.24, 2.45) is 0 Å². The van der Waals surface area contributed by atoms with Crippen LogP contribution >= 0.6 is 0 Å². The second-order valence-electron chi connectivity index (χ2n) is 5.73. The van der Waals surface area contributed by atoms with E-state index in [1.807, 2.05) is 4.90 Å². The lowest BCUT2D eigenvalue weighted by molar-refractivity contribution is 0.0742. The fraction of sp³-hybridized carbons (Fsp3) is 0.471. The number of likely N-dealkylation sites (tertiary alicyclic amines) is 1. The fourth-order valence-corrected chi connectivity index (χ4v) is 3.73. The molecule has 0 unspecified atom stereocenters. The molecule has 1 saturated heterocycles. The van der Waals surface area contributed by atoms with E-state index in [1.165, 1.54) is 24.6 Å². The van der Waals surface area contributed by atoms with E-state index in [0.717, 1.165) is 38.8 Å². The average Bonchev–Trinajstić information content (AvgIpc) is 2.52. The number of carbonyl (C=O) groups excluding carboxylic acids is 1. The van der Waals surface area contributed by atoms with Gasteiger partial charge in [0, 0.05) is 25.2 Å². The van der Waals surface area contributed by atoms with Gasteiger partial charge in [-0.05, 0) is 31.0 Å². The van der Waals surface area contributed by atoms with Gasteiger partial charge in [0.25, 0.3) is 5.91 Å². The molecule has 0 bridgehead atoms. The molecule has 1 fully saturated rings. The van der Waals surface area contributed by atoms with E-state index in [-0.39, 0.29) is 17.3 Å². The molecule has 1 aliphatic rings. The van der Waals surface area contributed by atoms with Crippen molar-refractivity contribution < 1.29 is 13.2 Å². The molecule has 0 aliphatic carbocycles. The molecule has 1 amide bonds. The monoisotopic (exact) mass is 336 g/mol. The van der Waals surface area contributed by atoms with Crippen molar-refractivity contribution in [3.8, 4) is 0 Å². The van der Waals surface area contributed by atoms with Gasteiger partial charge in [-0.15, -0.1) is 6.58 Å². The van der Waals surface area contributed by atoms with Gasteiger partial charge in [-0.2, -0.15) is 0 Å². The molecule has 0 atom stereocenters. The molecule has 1 N–H and O–H groups in total. The molecule has 1 aliphatic heterocycles. The minimum atomic E-state index is -3.61. The fourth-order valence-electron chi connectivity index (χ4n) is 2.68. The van der Waals surface area contributed by atoms with Crippen molar-refractivity contribution >= 4 is 15.9 Å². The number of nitrogens with zero attached hydrogens (tertiary/aromatic N) is 1. The number of hydrogen-bond acceptors (Lipinski definition) is 3. The van der Waals surface area contributed by atoms with Crippen LogP contribution in [0.25, 0.3) is 0 Å². The van der Waals surface area contributed by atoms with Gasteiger partial charge in [0.15, 0.2) is 0 Å². The van der Waals surface area contributed by atoms with Crippen LogP contribution in [0.15, 0.2) is 41.8 Å². The van der Waals surface area contributed by atoms with Gasteiger partial charge < -0.3 is 4.90 Å². The highest BCUT2D eigenvalue weighted by molar-refractivity contribution is 7.89. The Hall–Kier alpha value is -1.66. The predicted octanol–water partition coefficient (Wildman–Crippen LogP) is 2.56. The van der Waals surface area contributed by atoms with E-state index >= 15 is 0 Å². The zero-order valence-corrected chi connectivity index (χ0v) is 14.1. The summed E-state index contributed by atoms with van der Waals surface area (Å²) in [5.41, 5.74) is 0.423. The first-order valence-corrected chi connectivity index (χ1v) is 9.53. The Kier molecular flexibility index (Phi) is 6.36. The number of hydrogen-bond donors (Lipinski definition) is 1. The van der Waals surface area contributed by atoms with Crippen LogP contribution in [-0.4, -0.2) is 38.9 Å². The van der Waals surface area contributed by atoms with E-state index in [2.05, 4.69) is 11.3 Å². The summed E-state index contributed by atoms with van der Waals surface area (Å²) in [5.74, 6) is -0.0901. The number of nitrogens with one attached hydrogen (secondary N) is 1. The summed E-state index contributed by atoms with van der Waals surface area (Å²) in [6, 6.07) is 6.23. The van der Waals surface area contributed by atoms with Crippen LogP contribution < -0.4 is 4.72 Å². The van der Waals surface area contributed by atoms with Crippen LogP contribution in [0.5, 0.6) is 0 Å². The number of carbonyl (C=O) groups is 1. The zero-order chi connectivity index (χ0) is 16.7. The molecule has 0 radical (unpaired) electrons. The molecule has 0 aromatic heterocycles. The topological polar surface area (TPSA) is 66.5 Å². The van der Waals surface area contributed by atoms with Crippen molar-refractivity contribution in [3.05, 3.63) is 42.5 Å². The van der Waals surface area contributed by atoms with Gasteiger partial charge in [-0.3, -0.25) is 4.79 Å². The molecule has 23 heavy (non-hydrogen) atoms. The van der Waals surface area contributed by atoms with Crippen molar-refractivity contribution in [3.63, 3.8) is 0 Å². The summed E-state index contributed by atoms with van der Waals surface area (Å²) >= 11 is 0. The number of rotatable bonds is 5. The zero-order valence-electron chi connectivity index (χ0n) is 13.3. The van der Waals surface area contributed by atoms with Crippen molar-refractivity contribution in [2.45, 2.75) is 37.0 Å². The standard InChI is InChI=1S/C17H24N2O3S/c1-2-11-18-23(21,22)16-10-8-9-15(14-16)17(20)19-12-6-4-3-5-7-13-19/h2,8-10,14,18H,1,3-7,11-13H2. The maximum Gasteiger partial charge on any atom is 0.253 e. The number of amides is 1. The molecule has 1 aromatic carbocycles. The Morgan fingerprint density at radius 3 is 2.48 bits per heavy atom. The highest BCUT2D eigenvalue weighted by Crippen LogP contribution is 2.16. The normalized spacial score (nSPS) is 16.4. The lowest BCUT2D eigenvalue weighted by Crippen LogP contribution is -2.34. The minimum Gasteiger partial charge on any atom is -0.339 e. The van der Waals surface area contributed by atoms with Crippen molar-refractivity contribution in [1.82, 2.24) is 9.62 Å². The third kappa shape index (κ3) is 4.91. The molecule has 6 heteroatoms. The molecule has 0 spiro atoms. The van der Waals surface area contributed by atoms with Gasteiger partial charge in [-0.1, -0.05) is 31.4 Å². The van der Waals surface area contributed by atoms with Crippen LogP contribution in [0, 0.1) is 0 Å². The maximum absolute atomic E-state index is 12.7. The largest absolute Gasteiger partial charge is 0.339 e. The highest BCUT2D eigenvalue weighted by atomic mass is 32.2. The molecule has 1 aromatic rings. The van der Waals surface area contributed by atoms with E-state index in [9.17, 15) is 13.2 Å². The van der Waals surface area contributed by atoms with Gasteiger partial charge in [0.2, 0.25) is 10.0 Å². The SMILES string of the molecule is C=CCNS(=O)(=O)c1cccc(C(=O)N2CCCCCCC2)c1. The summed E-state index contributed by atoms with van der Waals surface area (Å²) in [6.07, 6.45) is 7.00. The summed E-state index contributed by atoms with van der Waals surface area (Å²) in [5, 5.41) is 0. The lowest BCUT2D eigenvalue weighted by atomic mass is 10.1. The van der Waals surface area contributed by atoms with Gasteiger partial charge in [0.1, 0.15) is 0 Å². The Balaban J connectivity index is 2.17. The van der Waals surface area contributed by atoms with Crippen molar-refractivity contribution in [2.75, 3.05) is 19.6 Å². The van der Waals surface area contributed by atoms with Gasteiger partial charge in [0.05, 0.1) is 4.90 Å². The van der Waals surface area contributed by atoms with Crippen LogP contribution in [0.2, 0.25) is 0 Å². The second kappa shape index (κ2) is 8.26. The predicted molar refractivity (Wildman–Crippen MR) is 90.8 cm³/mol. The molecule has 5 nitrogen and oxygen atoms in total. The van der Waals surface area contributed by atoms with Gasteiger partial charge in [-0.25, -0.2) is 13.1 Å². The molecule has 0 saturated carbocycles. The maximum atomic E-state index is 12.7. The molecular formula is C17H24N2O3S. The first-order valence-electron chi connectivity index (χ1n) is 8.04. The van der Waals surface area contributed by atoms with Crippen LogP contribution in [-0.2, 0) is 10.0 Å². The quantitative estimate of drug-likeness (QED) is 0.840. The average molecular weight is 336 g/mol. The summed E-state index contributed by atoms with van der Waals surface area (Å²) in [7, 11) is -3.61. The Morgan fingerprint density at radius 2 is 1.83 bits per heavy atom. The smallest absolute Gasteiger partial charge is 0.253 e. The van der Waals surface area contributed by atoms with E-state index in [4.69, 9.17) is 0 Å². The highest BCUT2D eigenvalue weighted by Gasteiger charge is 2.19. The Bertz CT molecular complexity index is 648. The van der Waals surface area contributed by atoms with E-state index in [1.54, 1.807) is 12.1 Å². The Morgan fingerprint density at radius 1 is 1.17 bits per heavy atom. The van der Waals surface area contributed by atoms with Crippen LogP contribution in [0.1, 0.15) is 42.5 Å². The first-order chi connectivity index (χ1) is 11.0. The summed E-state index contributed by atoms with van der Waals surface area (Å²) < 4.78 is 26.7. The Labute approximate surface area is 138 Å². The molecule has 1 heterocycles. The van der Waals surface area contributed by atoms with Crippen LogP contribution in [0.4, 0.5) is 0 Å². The molecular weight excluding hydrogens is 312 g/mol. The summed E-state index contributed by atoms with van der Waals surface area (Å²) in [4.78, 5) is 14.6. The third-order valence-electron chi connectivity index (χ3n) is 3.95. The summed E-state index contributed by atoms with van der Waals surface area (Å²) in [6.45, 7) is 5.13. The third-order valence-corrected chi connectivity index (χ3v) is 5.37. The van der Waals surface area contributed by atoms with Gasteiger partial charge >= 0.3 is 0 Å². The first kappa shape index (κ1) is 17.7. The minimum absolute atomic E-state index is 0.0901. The van der Waals surface area contributed by atoms with Crippen molar-refractivity contribution in [1.29, 1.82) is 0 Å². The molecule has 126 valence electrons. The second-order valence-corrected chi connectivity index (χ2v) is 7.50.